The van der Waals surface area contributed by atoms with Gasteiger partial charge in [-0.25, -0.2) is 14.6 Å². The summed E-state index contributed by atoms with van der Waals surface area (Å²) in [6.07, 6.45) is 2.81. The number of rotatable bonds is 5. The molecule has 0 unspecified atom stereocenters. The van der Waals surface area contributed by atoms with Gasteiger partial charge in [0.25, 0.3) is 5.91 Å². The Kier molecular flexibility index (Phi) is 4.85. The highest BCUT2D eigenvalue weighted by Crippen LogP contribution is 2.19. The number of ether oxygens (including phenoxy) is 1. The van der Waals surface area contributed by atoms with E-state index in [1.165, 1.54) is 41.5 Å². The smallest absolute Gasteiger partial charge is 0.387 e. The van der Waals surface area contributed by atoms with Crippen molar-refractivity contribution < 1.29 is 18.3 Å². The number of benzene rings is 1. The Hall–Kier alpha value is -3.07. The Balaban J connectivity index is 1.73. The topological polar surface area (TPSA) is 81.9 Å². The average molecular weight is 366 g/mol. The first-order valence-corrected chi connectivity index (χ1v) is 7.29. The molecular formula is C15H10ClF2N5O2. The van der Waals surface area contributed by atoms with E-state index >= 15 is 0 Å². The second-order valence-electron chi connectivity index (χ2n) is 4.68. The average Bonchev–Trinajstić information content (AvgIpc) is 3.07. The van der Waals surface area contributed by atoms with Crippen LogP contribution in [0, 0.1) is 0 Å². The lowest BCUT2D eigenvalue weighted by molar-refractivity contribution is -0.0498. The van der Waals surface area contributed by atoms with Crippen LogP contribution in [-0.2, 0) is 0 Å². The summed E-state index contributed by atoms with van der Waals surface area (Å²) >= 11 is 5.87. The molecule has 1 amide bonds. The summed E-state index contributed by atoms with van der Waals surface area (Å²) in [5, 5.41) is 6.73. The van der Waals surface area contributed by atoms with E-state index in [2.05, 4.69) is 25.1 Å². The lowest BCUT2D eigenvalue weighted by Crippen LogP contribution is -2.14. The number of nitrogens with zero attached hydrogens (tertiary/aromatic N) is 4. The molecule has 25 heavy (non-hydrogen) atoms. The zero-order valence-electron chi connectivity index (χ0n) is 12.4. The molecule has 0 fully saturated rings. The van der Waals surface area contributed by atoms with Crippen molar-refractivity contribution >= 4 is 23.2 Å². The summed E-state index contributed by atoms with van der Waals surface area (Å²) < 4.78 is 29.9. The van der Waals surface area contributed by atoms with E-state index in [0.717, 1.165) is 0 Å². The lowest BCUT2D eigenvalue weighted by Gasteiger charge is -2.05. The Labute approximate surface area is 145 Å². The molecule has 0 saturated heterocycles. The quantitative estimate of drug-likeness (QED) is 0.702. The molecule has 128 valence electrons. The first-order chi connectivity index (χ1) is 12.0. The van der Waals surface area contributed by atoms with E-state index in [4.69, 9.17) is 11.6 Å². The standard InChI is InChI=1S/C15H10ClF2N5O2/c16-12-11(2-1-7-19-12)21-14(24)13-20-8-23(22-13)9-3-5-10(6-4-9)25-15(17)18/h1-8,15H,(H,21,24). The summed E-state index contributed by atoms with van der Waals surface area (Å²) in [4.78, 5) is 19.9. The zero-order valence-corrected chi connectivity index (χ0v) is 13.2. The molecule has 0 bridgehead atoms. The van der Waals surface area contributed by atoms with Crippen molar-refractivity contribution in [2.75, 3.05) is 5.32 Å². The number of amides is 1. The van der Waals surface area contributed by atoms with Crippen LogP contribution in [0.5, 0.6) is 5.75 Å². The lowest BCUT2D eigenvalue weighted by atomic mass is 10.3. The van der Waals surface area contributed by atoms with Gasteiger partial charge in [-0.05, 0) is 36.4 Å². The molecule has 0 aliphatic carbocycles. The minimum absolute atomic E-state index is 0.0167. The van der Waals surface area contributed by atoms with Crippen LogP contribution in [0.4, 0.5) is 14.5 Å². The second kappa shape index (κ2) is 7.22. The van der Waals surface area contributed by atoms with Crippen molar-refractivity contribution in [3.8, 4) is 11.4 Å². The highest BCUT2D eigenvalue weighted by atomic mass is 35.5. The molecule has 0 spiro atoms. The molecule has 2 heterocycles. The Morgan fingerprint density at radius 2 is 1.96 bits per heavy atom. The number of aromatic nitrogens is 4. The number of carbonyl (C=O) groups is 1. The Morgan fingerprint density at radius 3 is 2.64 bits per heavy atom. The molecule has 7 nitrogen and oxygen atoms in total. The van der Waals surface area contributed by atoms with Gasteiger partial charge >= 0.3 is 6.61 Å². The number of nitrogens with one attached hydrogen (secondary N) is 1. The van der Waals surface area contributed by atoms with Gasteiger partial charge in [-0.15, -0.1) is 5.10 Å². The van der Waals surface area contributed by atoms with Crippen LogP contribution in [0.1, 0.15) is 10.6 Å². The first-order valence-electron chi connectivity index (χ1n) is 6.92. The minimum Gasteiger partial charge on any atom is -0.435 e. The molecule has 3 rings (SSSR count). The fraction of sp³-hybridized carbons (Fsp3) is 0.0667. The van der Waals surface area contributed by atoms with Gasteiger partial charge in [0.1, 0.15) is 12.1 Å². The molecule has 0 radical (unpaired) electrons. The predicted molar refractivity (Wildman–Crippen MR) is 85.2 cm³/mol. The maximum Gasteiger partial charge on any atom is 0.387 e. The number of hydrogen-bond acceptors (Lipinski definition) is 5. The van der Waals surface area contributed by atoms with Gasteiger partial charge in [-0.2, -0.15) is 8.78 Å². The fourth-order valence-corrected chi connectivity index (χ4v) is 2.10. The van der Waals surface area contributed by atoms with E-state index in [9.17, 15) is 13.6 Å². The first kappa shape index (κ1) is 16.8. The van der Waals surface area contributed by atoms with Crippen LogP contribution < -0.4 is 10.1 Å². The maximum absolute atomic E-state index is 12.1. The summed E-state index contributed by atoms with van der Waals surface area (Å²) in [6, 6.07) is 8.94. The van der Waals surface area contributed by atoms with Crippen molar-refractivity contribution in [2.24, 2.45) is 0 Å². The van der Waals surface area contributed by atoms with E-state index in [0.29, 0.717) is 11.4 Å². The number of carbonyl (C=O) groups excluding carboxylic acids is 1. The van der Waals surface area contributed by atoms with Crippen LogP contribution in [-0.4, -0.2) is 32.3 Å². The molecule has 1 aromatic carbocycles. The highest BCUT2D eigenvalue weighted by molar-refractivity contribution is 6.32. The number of halogens is 3. The van der Waals surface area contributed by atoms with Gasteiger partial charge < -0.3 is 10.1 Å². The number of anilines is 1. The Bertz CT molecular complexity index is 886. The molecular weight excluding hydrogens is 356 g/mol. The number of alkyl halides is 2. The van der Waals surface area contributed by atoms with Crippen molar-refractivity contribution in [2.45, 2.75) is 6.61 Å². The summed E-state index contributed by atoms with van der Waals surface area (Å²) in [5.41, 5.74) is 0.853. The SMILES string of the molecule is O=C(Nc1cccnc1Cl)c1ncn(-c2ccc(OC(F)F)cc2)n1. The van der Waals surface area contributed by atoms with Crippen LogP contribution in [0.25, 0.3) is 5.69 Å². The van der Waals surface area contributed by atoms with Crippen LogP contribution in [0.2, 0.25) is 5.15 Å². The van der Waals surface area contributed by atoms with E-state index in [1.54, 1.807) is 12.1 Å². The predicted octanol–water partition coefficient (Wildman–Crippen LogP) is 3.17. The molecule has 2 aromatic heterocycles. The summed E-state index contributed by atoms with van der Waals surface area (Å²) in [6.45, 7) is -2.90. The van der Waals surface area contributed by atoms with Crippen molar-refractivity contribution in [3.63, 3.8) is 0 Å². The van der Waals surface area contributed by atoms with Crippen molar-refractivity contribution in [3.05, 3.63) is 59.9 Å². The summed E-state index contributed by atoms with van der Waals surface area (Å²) in [5.74, 6) is -0.637. The molecule has 0 aliphatic rings. The largest absolute Gasteiger partial charge is 0.435 e. The summed E-state index contributed by atoms with van der Waals surface area (Å²) in [7, 11) is 0. The van der Waals surface area contributed by atoms with Crippen molar-refractivity contribution in [1.29, 1.82) is 0 Å². The molecule has 0 saturated carbocycles. The van der Waals surface area contributed by atoms with Crippen LogP contribution >= 0.6 is 11.6 Å². The van der Waals surface area contributed by atoms with Crippen molar-refractivity contribution in [1.82, 2.24) is 19.7 Å². The normalized spacial score (nSPS) is 10.7. The third-order valence-corrected chi connectivity index (χ3v) is 3.33. The highest BCUT2D eigenvalue weighted by Gasteiger charge is 2.14. The molecule has 10 heteroatoms. The van der Waals surface area contributed by atoms with Crippen LogP contribution in [0.15, 0.2) is 48.9 Å². The minimum atomic E-state index is -2.90. The van der Waals surface area contributed by atoms with Crippen LogP contribution in [0.3, 0.4) is 0 Å². The molecule has 3 aromatic rings. The van der Waals surface area contributed by atoms with Gasteiger partial charge in [-0.1, -0.05) is 11.6 Å². The third-order valence-electron chi connectivity index (χ3n) is 3.03. The molecule has 0 aliphatic heterocycles. The Morgan fingerprint density at radius 1 is 1.20 bits per heavy atom. The van der Waals surface area contributed by atoms with Gasteiger partial charge in [0.15, 0.2) is 5.15 Å². The van der Waals surface area contributed by atoms with E-state index < -0.39 is 12.5 Å². The maximum atomic E-state index is 12.1. The monoisotopic (exact) mass is 365 g/mol. The van der Waals surface area contributed by atoms with E-state index in [1.807, 2.05) is 0 Å². The second-order valence-corrected chi connectivity index (χ2v) is 5.04. The van der Waals surface area contributed by atoms with Gasteiger partial charge in [0.2, 0.25) is 5.82 Å². The zero-order chi connectivity index (χ0) is 17.8. The third kappa shape index (κ3) is 4.07. The number of pyridine rings is 1. The fourth-order valence-electron chi connectivity index (χ4n) is 1.93. The molecule has 0 atom stereocenters. The van der Waals surface area contributed by atoms with Gasteiger partial charge in [0, 0.05) is 6.20 Å². The van der Waals surface area contributed by atoms with Gasteiger partial charge in [0.05, 0.1) is 11.4 Å². The molecule has 1 N–H and O–H groups in total. The van der Waals surface area contributed by atoms with Gasteiger partial charge in [-0.3, -0.25) is 4.79 Å². The van der Waals surface area contributed by atoms with E-state index in [-0.39, 0.29) is 16.7 Å². The number of hydrogen-bond donors (Lipinski definition) is 1.